The predicted octanol–water partition coefficient (Wildman–Crippen LogP) is 1.22. The Hall–Kier alpha value is -1.39. The molecule has 2 atom stereocenters. The summed E-state index contributed by atoms with van der Waals surface area (Å²) in [5.74, 6) is 0.772. The molecule has 4 nitrogen and oxygen atoms in total. The maximum absolute atomic E-state index is 9.72. The van der Waals surface area contributed by atoms with Crippen LogP contribution in [0.1, 0.15) is 18.2 Å². The summed E-state index contributed by atoms with van der Waals surface area (Å²) in [7, 11) is 0. The lowest BCUT2D eigenvalue weighted by molar-refractivity contribution is 0.150. The van der Waals surface area contributed by atoms with E-state index in [2.05, 4.69) is 10.3 Å². The number of furan rings is 1. The molecular formula is C11H12N2O2. The third-order valence-corrected chi connectivity index (χ3v) is 2.81. The van der Waals surface area contributed by atoms with Gasteiger partial charge in [-0.1, -0.05) is 0 Å². The van der Waals surface area contributed by atoms with E-state index in [0.717, 1.165) is 24.1 Å². The normalized spacial score (nSPS) is 26.2. The van der Waals surface area contributed by atoms with E-state index in [0.29, 0.717) is 5.71 Å². The van der Waals surface area contributed by atoms with Crippen molar-refractivity contribution in [3.8, 4) is 0 Å². The van der Waals surface area contributed by atoms with E-state index in [1.165, 1.54) is 0 Å². The minimum absolute atomic E-state index is 0.0841. The molecule has 0 aromatic carbocycles. The van der Waals surface area contributed by atoms with Crippen LogP contribution < -0.4 is 5.32 Å². The van der Waals surface area contributed by atoms with Crippen molar-refractivity contribution in [2.45, 2.75) is 18.6 Å². The lowest BCUT2D eigenvalue weighted by Crippen LogP contribution is -2.20. The van der Waals surface area contributed by atoms with E-state index in [1.54, 1.807) is 6.20 Å². The van der Waals surface area contributed by atoms with Crippen LogP contribution in [0, 0.1) is 0 Å². The number of aromatic nitrogens is 1. The van der Waals surface area contributed by atoms with Crippen LogP contribution in [0.4, 0.5) is 0 Å². The summed E-state index contributed by atoms with van der Waals surface area (Å²) in [6, 6.07) is 5.69. The molecule has 3 heterocycles. The van der Waals surface area contributed by atoms with Gasteiger partial charge >= 0.3 is 0 Å². The highest BCUT2D eigenvalue weighted by Gasteiger charge is 2.29. The summed E-state index contributed by atoms with van der Waals surface area (Å²) in [4.78, 5) is 4.12. The lowest BCUT2D eigenvalue weighted by Gasteiger charge is -2.10. The molecule has 0 spiro atoms. The molecule has 1 saturated heterocycles. The number of aliphatic hydroxyl groups is 1. The number of aliphatic hydroxyl groups excluding tert-OH is 1. The number of pyridine rings is 1. The Morgan fingerprint density at radius 3 is 3.20 bits per heavy atom. The second-order valence-electron chi connectivity index (χ2n) is 3.83. The van der Waals surface area contributed by atoms with E-state index in [4.69, 9.17) is 4.42 Å². The number of hydrogen-bond donors (Lipinski definition) is 2. The highest BCUT2D eigenvalue weighted by atomic mass is 16.3. The molecule has 1 fully saturated rings. The highest BCUT2D eigenvalue weighted by Crippen LogP contribution is 2.28. The molecule has 0 saturated carbocycles. The third-order valence-electron chi connectivity index (χ3n) is 2.81. The van der Waals surface area contributed by atoms with Gasteiger partial charge in [-0.25, -0.2) is 4.98 Å². The molecule has 0 aliphatic carbocycles. The van der Waals surface area contributed by atoms with Crippen molar-refractivity contribution >= 4 is 11.1 Å². The SMILES string of the molecule is OC1CCNC1c1cc2cccnc2o1. The molecule has 0 amide bonds. The van der Waals surface area contributed by atoms with E-state index >= 15 is 0 Å². The maximum atomic E-state index is 9.72. The minimum atomic E-state index is -0.356. The van der Waals surface area contributed by atoms with E-state index in [9.17, 15) is 5.11 Å². The Kier molecular flexibility index (Phi) is 1.97. The first kappa shape index (κ1) is 8.88. The highest BCUT2D eigenvalue weighted by molar-refractivity contribution is 5.73. The fourth-order valence-electron chi connectivity index (χ4n) is 2.03. The molecule has 3 rings (SSSR count). The summed E-state index contributed by atoms with van der Waals surface area (Å²) in [6.07, 6.45) is 2.12. The first-order valence-corrected chi connectivity index (χ1v) is 5.10. The number of rotatable bonds is 1. The summed E-state index contributed by atoms with van der Waals surface area (Å²) >= 11 is 0. The number of fused-ring (bicyclic) bond motifs is 1. The first-order chi connectivity index (χ1) is 7.34. The van der Waals surface area contributed by atoms with Crippen LogP contribution in [0.3, 0.4) is 0 Å². The van der Waals surface area contributed by atoms with Crippen LogP contribution in [-0.4, -0.2) is 22.7 Å². The van der Waals surface area contributed by atoms with Gasteiger partial charge < -0.3 is 14.8 Å². The van der Waals surface area contributed by atoms with Crippen molar-refractivity contribution < 1.29 is 9.52 Å². The molecule has 2 aromatic heterocycles. The summed E-state index contributed by atoms with van der Waals surface area (Å²) in [5.41, 5.74) is 0.633. The first-order valence-electron chi connectivity index (χ1n) is 5.10. The van der Waals surface area contributed by atoms with Gasteiger partial charge in [-0.2, -0.15) is 0 Å². The van der Waals surface area contributed by atoms with Gasteiger partial charge in [-0.05, 0) is 31.2 Å². The Balaban J connectivity index is 2.04. The van der Waals surface area contributed by atoms with Gasteiger partial charge in [0.15, 0.2) is 0 Å². The van der Waals surface area contributed by atoms with Crippen molar-refractivity contribution in [3.05, 3.63) is 30.2 Å². The summed E-state index contributed by atoms with van der Waals surface area (Å²) in [5, 5.41) is 13.9. The van der Waals surface area contributed by atoms with Gasteiger partial charge in [0, 0.05) is 11.6 Å². The zero-order valence-electron chi connectivity index (χ0n) is 8.18. The fraction of sp³-hybridized carbons (Fsp3) is 0.364. The Morgan fingerprint density at radius 1 is 1.53 bits per heavy atom. The van der Waals surface area contributed by atoms with Gasteiger partial charge in [0.05, 0.1) is 12.1 Å². The zero-order chi connectivity index (χ0) is 10.3. The molecule has 1 aliphatic heterocycles. The number of nitrogens with zero attached hydrogens (tertiary/aromatic N) is 1. The van der Waals surface area contributed by atoms with Gasteiger partial charge in [-0.3, -0.25) is 0 Å². The van der Waals surface area contributed by atoms with Gasteiger partial charge in [0.1, 0.15) is 5.76 Å². The van der Waals surface area contributed by atoms with E-state index < -0.39 is 0 Å². The molecular weight excluding hydrogens is 192 g/mol. The second kappa shape index (κ2) is 3.32. The van der Waals surface area contributed by atoms with Crippen LogP contribution in [0.2, 0.25) is 0 Å². The van der Waals surface area contributed by atoms with Crippen LogP contribution >= 0.6 is 0 Å². The summed E-state index contributed by atoms with van der Waals surface area (Å²) in [6.45, 7) is 0.830. The van der Waals surface area contributed by atoms with Crippen LogP contribution in [0.5, 0.6) is 0 Å². The molecule has 1 aliphatic rings. The van der Waals surface area contributed by atoms with E-state index in [1.807, 2.05) is 18.2 Å². The number of nitrogens with one attached hydrogen (secondary N) is 1. The van der Waals surface area contributed by atoms with Crippen LogP contribution in [-0.2, 0) is 0 Å². The summed E-state index contributed by atoms with van der Waals surface area (Å²) < 4.78 is 5.59. The number of hydrogen-bond acceptors (Lipinski definition) is 4. The zero-order valence-corrected chi connectivity index (χ0v) is 8.18. The topological polar surface area (TPSA) is 58.3 Å². The molecule has 4 heteroatoms. The van der Waals surface area contributed by atoms with Gasteiger partial charge in [0.2, 0.25) is 5.71 Å². The molecule has 2 aromatic rings. The van der Waals surface area contributed by atoms with Crippen LogP contribution in [0.25, 0.3) is 11.1 Å². The monoisotopic (exact) mass is 204 g/mol. The van der Waals surface area contributed by atoms with E-state index in [-0.39, 0.29) is 12.1 Å². The average molecular weight is 204 g/mol. The molecule has 0 bridgehead atoms. The smallest absolute Gasteiger partial charge is 0.226 e. The molecule has 2 unspecified atom stereocenters. The Labute approximate surface area is 86.9 Å². The van der Waals surface area contributed by atoms with Crippen molar-refractivity contribution in [2.75, 3.05) is 6.54 Å². The quantitative estimate of drug-likeness (QED) is 0.733. The van der Waals surface area contributed by atoms with Crippen molar-refractivity contribution in [1.82, 2.24) is 10.3 Å². The lowest BCUT2D eigenvalue weighted by atomic mass is 10.1. The van der Waals surface area contributed by atoms with Crippen molar-refractivity contribution in [1.29, 1.82) is 0 Å². The second-order valence-corrected chi connectivity index (χ2v) is 3.83. The van der Waals surface area contributed by atoms with Crippen LogP contribution in [0.15, 0.2) is 28.8 Å². The minimum Gasteiger partial charge on any atom is -0.441 e. The molecule has 2 N–H and O–H groups in total. The third kappa shape index (κ3) is 1.42. The molecule has 15 heavy (non-hydrogen) atoms. The predicted molar refractivity (Wildman–Crippen MR) is 55.4 cm³/mol. The standard InChI is InChI=1S/C11H12N2O2/c14-8-3-5-12-10(8)9-6-7-2-1-4-13-11(7)15-9/h1-2,4,6,8,10,12,14H,3,5H2. The largest absolute Gasteiger partial charge is 0.441 e. The molecule has 78 valence electrons. The fourth-order valence-corrected chi connectivity index (χ4v) is 2.03. The Morgan fingerprint density at radius 2 is 2.47 bits per heavy atom. The van der Waals surface area contributed by atoms with Gasteiger partial charge in [0.25, 0.3) is 0 Å². The molecule has 0 radical (unpaired) electrons. The Bertz CT molecular complexity index is 447. The van der Waals surface area contributed by atoms with Crippen molar-refractivity contribution in [2.24, 2.45) is 0 Å². The maximum Gasteiger partial charge on any atom is 0.226 e. The average Bonchev–Trinajstić information content (AvgIpc) is 2.82. The van der Waals surface area contributed by atoms with Crippen molar-refractivity contribution in [3.63, 3.8) is 0 Å². The van der Waals surface area contributed by atoms with Gasteiger partial charge in [-0.15, -0.1) is 0 Å².